The van der Waals surface area contributed by atoms with Gasteiger partial charge in [-0.25, -0.2) is 0 Å². The molecule has 0 spiro atoms. The number of hydrogen-bond donors (Lipinski definition) is 2. The monoisotopic (exact) mass is 186 g/mol. The van der Waals surface area contributed by atoms with Gasteiger partial charge < -0.3 is 10.8 Å². The molecule has 76 valence electrons. The fraction of sp³-hybridized carbons (Fsp3) is 0.889. The van der Waals surface area contributed by atoms with Crippen molar-refractivity contribution in [1.29, 1.82) is 0 Å². The molecule has 2 unspecified atom stereocenters. The number of rotatable bonds is 2. The molecule has 1 amide bonds. The molecular formula is C9H18N2O2. The maximum absolute atomic E-state index is 10.9. The summed E-state index contributed by atoms with van der Waals surface area (Å²) >= 11 is 0. The molecule has 1 aliphatic heterocycles. The molecule has 0 saturated carbocycles. The highest BCUT2D eigenvalue weighted by Gasteiger charge is 2.30. The molecule has 1 aliphatic rings. The van der Waals surface area contributed by atoms with Gasteiger partial charge in [0.1, 0.15) is 6.23 Å². The molecule has 0 aromatic rings. The molecule has 0 aromatic heterocycles. The van der Waals surface area contributed by atoms with Crippen molar-refractivity contribution in [2.24, 2.45) is 11.7 Å². The van der Waals surface area contributed by atoms with Crippen LogP contribution in [0.3, 0.4) is 0 Å². The van der Waals surface area contributed by atoms with Crippen molar-refractivity contribution in [1.82, 2.24) is 4.90 Å². The number of carbonyl (C=O) groups excluding carboxylic acids is 1. The van der Waals surface area contributed by atoms with Crippen molar-refractivity contribution >= 4 is 5.91 Å². The molecule has 0 aromatic carbocycles. The maximum atomic E-state index is 10.9. The summed E-state index contributed by atoms with van der Waals surface area (Å²) in [5.41, 5.74) is 5.18. The van der Waals surface area contributed by atoms with Gasteiger partial charge in [0.15, 0.2) is 0 Å². The van der Waals surface area contributed by atoms with Crippen LogP contribution in [0.4, 0.5) is 0 Å². The van der Waals surface area contributed by atoms with Crippen LogP contribution in [0.25, 0.3) is 0 Å². The van der Waals surface area contributed by atoms with Crippen LogP contribution in [-0.4, -0.2) is 34.7 Å². The average Bonchev–Trinajstić information content (AvgIpc) is 2.03. The standard InChI is InChI=1S/C9H18N2O2/c1-6(2)11-4-3-7(9(10)13)5-8(11)12/h6-8,12H,3-5H2,1-2H3,(H2,10,13). The third kappa shape index (κ3) is 2.42. The maximum Gasteiger partial charge on any atom is 0.220 e. The Bertz CT molecular complexity index is 194. The van der Waals surface area contributed by atoms with Gasteiger partial charge in [-0.3, -0.25) is 9.69 Å². The summed E-state index contributed by atoms with van der Waals surface area (Å²) in [6.45, 7) is 4.83. The van der Waals surface area contributed by atoms with E-state index in [1.807, 2.05) is 18.7 Å². The third-order valence-electron chi connectivity index (χ3n) is 2.68. The Hall–Kier alpha value is -0.610. The Labute approximate surface area is 78.7 Å². The van der Waals surface area contributed by atoms with Gasteiger partial charge >= 0.3 is 0 Å². The van der Waals surface area contributed by atoms with E-state index in [9.17, 15) is 9.90 Å². The van der Waals surface area contributed by atoms with Gasteiger partial charge in [0, 0.05) is 18.5 Å². The smallest absolute Gasteiger partial charge is 0.220 e. The molecule has 1 heterocycles. The number of carbonyl (C=O) groups is 1. The van der Waals surface area contributed by atoms with Crippen molar-refractivity contribution in [3.8, 4) is 0 Å². The van der Waals surface area contributed by atoms with Crippen molar-refractivity contribution in [2.45, 2.75) is 39.0 Å². The Morgan fingerprint density at radius 3 is 2.62 bits per heavy atom. The van der Waals surface area contributed by atoms with Crippen molar-refractivity contribution in [3.63, 3.8) is 0 Å². The van der Waals surface area contributed by atoms with Gasteiger partial charge in [0.25, 0.3) is 0 Å². The van der Waals surface area contributed by atoms with E-state index < -0.39 is 6.23 Å². The lowest BCUT2D eigenvalue weighted by Gasteiger charge is -2.37. The lowest BCUT2D eigenvalue weighted by molar-refractivity contribution is -0.129. The minimum absolute atomic E-state index is 0.148. The molecule has 13 heavy (non-hydrogen) atoms. The van der Waals surface area contributed by atoms with Gasteiger partial charge in [0.05, 0.1) is 0 Å². The summed E-state index contributed by atoms with van der Waals surface area (Å²) in [6, 6.07) is 0.323. The first-order chi connectivity index (χ1) is 6.02. The minimum atomic E-state index is -0.508. The zero-order valence-corrected chi connectivity index (χ0v) is 8.23. The van der Waals surface area contributed by atoms with E-state index in [1.165, 1.54) is 0 Å². The van der Waals surface area contributed by atoms with E-state index in [0.717, 1.165) is 13.0 Å². The summed E-state index contributed by atoms with van der Waals surface area (Å²) in [5, 5.41) is 9.68. The SMILES string of the molecule is CC(C)N1CCC(C(N)=O)CC1O. The number of nitrogens with two attached hydrogens (primary N) is 1. The van der Waals surface area contributed by atoms with Crippen LogP contribution in [0.5, 0.6) is 0 Å². The Morgan fingerprint density at radius 2 is 2.23 bits per heavy atom. The highest BCUT2D eigenvalue weighted by atomic mass is 16.3. The molecule has 2 atom stereocenters. The van der Waals surface area contributed by atoms with E-state index in [1.54, 1.807) is 0 Å². The van der Waals surface area contributed by atoms with E-state index in [0.29, 0.717) is 12.5 Å². The Morgan fingerprint density at radius 1 is 1.62 bits per heavy atom. The van der Waals surface area contributed by atoms with E-state index in [4.69, 9.17) is 5.73 Å². The lowest BCUT2D eigenvalue weighted by atomic mass is 9.94. The van der Waals surface area contributed by atoms with Gasteiger partial charge in [-0.1, -0.05) is 0 Å². The van der Waals surface area contributed by atoms with Crippen LogP contribution in [0.1, 0.15) is 26.7 Å². The van der Waals surface area contributed by atoms with Crippen molar-refractivity contribution in [2.75, 3.05) is 6.54 Å². The molecule has 1 rings (SSSR count). The van der Waals surface area contributed by atoms with Gasteiger partial charge in [-0.15, -0.1) is 0 Å². The predicted molar refractivity (Wildman–Crippen MR) is 49.8 cm³/mol. The number of aliphatic hydroxyl groups excluding tert-OH is 1. The molecule has 0 bridgehead atoms. The normalized spacial score (nSPS) is 30.8. The fourth-order valence-corrected chi connectivity index (χ4v) is 1.82. The summed E-state index contributed by atoms with van der Waals surface area (Å²) < 4.78 is 0. The number of nitrogens with zero attached hydrogens (tertiary/aromatic N) is 1. The highest BCUT2D eigenvalue weighted by molar-refractivity contribution is 5.76. The summed E-state index contributed by atoms with van der Waals surface area (Å²) in [4.78, 5) is 12.9. The van der Waals surface area contributed by atoms with Crippen LogP contribution in [0.15, 0.2) is 0 Å². The average molecular weight is 186 g/mol. The summed E-state index contributed by atoms with van der Waals surface area (Å²) in [6.07, 6.45) is 0.740. The number of aliphatic hydroxyl groups is 1. The Balaban J connectivity index is 2.51. The zero-order chi connectivity index (χ0) is 10.0. The van der Waals surface area contributed by atoms with E-state index >= 15 is 0 Å². The Kier molecular flexibility index (Phi) is 3.27. The fourth-order valence-electron chi connectivity index (χ4n) is 1.82. The van der Waals surface area contributed by atoms with Gasteiger partial charge in [-0.05, 0) is 26.7 Å². The molecule has 1 saturated heterocycles. The van der Waals surface area contributed by atoms with Gasteiger partial charge in [-0.2, -0.15) is 0 Å². The number of likely N-dealkylation sites (tertiary alicyclic amines) is 1. The summed E-state index contributed by atoms with van der Waals surface area (Å²) in [5.74, 6) is -0.438. The first kappa shape index (κ1) is 10.5. The first-order valence-electron chi connectivity index (χ1n) is 4.75. The van der Waals surface area contributed by atoms with E-state index in [2.05, 4.69) is 0 Å². The quantitative estimate of drug-likeness (QED) is 0.633. The van der Waals surface area contributed by atoms with Gasteiger partial charge in [0.2, 0.25) is 5.91 Å². The van der Waals surface area contributed by atoms with Crippen LogP contribution >= 0.6 is 0 Å². The van der Waals surface area contributed by atoms with Crippen LogP contribution in [0.2, 0.25) is 0 Å². The number of piperidine rings is 1. The number of primary amides is 1. The zero-order valence-electron chi connectivity index (χ0n) is 8.23. The predicted octanol–water partition coefficient (Wildman–Crippen LogP) is -0.0895. The second-order valence-corrected chi connectivity index (χ2v) is 3.94. The second kappa shape index (κ2) is 4.07. The lowest BCUT2D eigenvalue weighted by Crippen LogP contribution is -2.48. The molecule has 3 N–H and O–H groups in total. The van der Waals surface area contributed by atoms with E-state index in [-0.39, 0.29) is 11.8 Å². The second-order valence-electron chi connectivity index (χ2n) is 3.94. The molecule has 0 aliphatic carbocycles. The topological polar surface area (TPSA) is 66.6 Å². The first-order valence-corrected chi connectivity index (χ1v) is 4.75. The van der Waals surface area contributed by atoms with Crippen LogP contribution in [0, 0.1) is 5.92 Å². The molecule has 4 nitrogen and oxygen atoms in total. The van der Waals surface area contributed by atoms with Crippen molar-refractivity contribution in [3.05, 3.63) is 0 Å². The molecular weight excluding hydrogens is 168 g/mol. The van der Waals surface area contributed by atoms with Crippen LogP contribution < -0.4 is 5.73 Å². The number of hydrogen-bond acceptors (Lipinski definition) is 3. The van der Waals surface area contributed by atoms with Crippen LogP contribution in [-0.2, 0) is 4.79 Å². The highest BCUT2D eigenvalue weighted by Crippen LogP contribution is 2.22. The molecule has 1 fully saturated rings. The molecule has 4 heteroatoms. The minimum Gasteiger partial charge on any atom is -0.378 e. The largest absolute Gasteiger partial charge is 0.378 e. The number of amides is 1. The molecule has 0 radical (unpaired) electrons. The van der Waals surface area contributed by atoms with Crippen molar-refractivity contribution < 1.29 is 9.90 Å². The third-order valence-corrected chi connectivity index (χ3v) is 2.68. The summed E-state index contributed by atoms with van der Waals surface area (Å²) in [7, 11) is 0.